The summed E-state index contributed by atoms with van der Waals surface area (Å²) < 4.78 is 0. The molecule has 1 aliphatic heterocycles. The molecule has 0 aromatic heterocycles. The van der Waals surface area contributed by atoms with Crippen molar-refractivity contribution >= 4 is 11.6 Å². The lowest BCUT2D eigenvalue weighted by molar-refractivity contribution is -0.119. The van der Waals surface area contributed by atoms with Crippen LogP contribution in [-0.2, 0) is 17.8 Å². The van der Waals surface area contributed by atoms with Gasteiger partial charge < -0.3 is 5.32 Å². The highest BCUT2D eigenvalue weighted by Crippen LogP contribution is 2.28. The van der Waals surface area contributed by atoms with Crippen molar-refractivity contribution < 1.29 is 4.79 Å². The summed E-state index contributed by atoms with van der Waals surface area (Å²) in [5, 5.41) is 3.12. The van der Waals surface area contributed by atoms with Crippen molar-refractivity contribution in [3.63, 3.8) is 0 Å². The molecule has 0 aliphatic carbocycles. The topological polar surface area (TPSA) is 70.4 Å². The Morgan fingerprint density at radius 3 is 2.94 bits per heavy atom. The maximum atomic E-state index is 11.8. The third-order valence-electron chi connectivity index (χ3n) is 2.97. The molecule has 17 heavy (non-hydrogen) atoms. The number of amides is 1. The van der Waals surface area contributed by atoms with Gasteiger partial charge in [0.05, 0.1) is 6.67 Å². The van der Waals surface area contributed by atoms with Gasteiger partial charge in [0.2, 0.25) is 5.91 Å². The third kappa shape index (κ3) is 2.46. The minimum Gasteiger partial charge on any atom is -0.316 e. The minimum absolute atomic E-state index is 0.122. The fraction of sp³-hybridized carbons (Fsp3) is 0.417. The molecule has 2 rings (SSSR count). The molecule has 92 valence electrons. The standard InChI is InChI=1S/C12H18N4O/c1-14-7-9-2-4-11-10(6-9)3-5-12(17)16(11)8-15-13/h2,4,6,14-15H,3,5,7-8,13H2,1H3. The van der Waals surface area contributed by atoms with Gasteiger partial charge in [0, 0.05) is 18.7 Å². The molecule has 1 heterocycles. The summed E-state index contributed by atoms with van der Waals surface area (Å²) in [5.74, 6) is 5.42. The van der Waals surface area contributed by atoms with E-state index in [1.807, 2.05) is 19.2 Å². The van der Waals surface area contributed by atoms with Crippen molar-refractivity contribution in [2.75, 3.05) is 18.6 Å². The SMILES string of the molecule is CNCc1ccc2c(c1)CCC(=O)N2CNN. The van der Waals surface area contributed by atoms with E-state index in [0.29, 0.717) is 13.1 Å². The van der Waals surface area contributed by atoms with Crippen LogP contribution in [0.5, 0.6) is 0 Å². The molecule has 0 spiro atoms. The number of hydrazine groups is 1. The lowest BCUT2D eigenvalue weighted by atomic mass is 9.99. The van der Waals surface area contributed by atoms with Crippen LogP contribution >= 0.6 is 0 Å². The first-order chi connectivity index (χ1) is 8.26. The first kappa shape index (κ1) is 12.0. The van der Waals surface area contributed by atoms with Gasteiger partial charge in [-0.2, -0.15) is 0 Å². The first-order valence-electron chi connectivity index (χ1n) is 5.76. The van der Waals surface area contributed by atoms with Gasteiger partial charge in [0.25, 0.3) is 0 Å². The van der Waals surface area contributed by atoms with Gasteiger partial charge in [-0.1, -0.05) is 12.1 Å². The minimum atomic E-state index is 0.122. The normalized spacial score (nSPS) is 14.9. The lowest BCUT2D eigenvalue weighted by Crippen LogP contribution is -2.44. The fourth-order valence-corrected chi connectivity index (χ4v) is 2.19. The van der Waals surface area contributed by atoms with Crippen molar-refractivity contribution in [3.05, 3.63) is 29.3 Å². The molecule has 5 heteroatoms. The van der Waals surface area contributed by atoms with Crippen molar-refractivity contribution in [1.82, 2.24) is 10.7 Å². The Bertz CT molecular complexity index is 419. The number of nitrogens with two attached hydrogens (primary N) is 1. The van der Waals surface area contributed by atoms with Gasteiger partial charge in [-0.15, -0.1) is 0 Å². The predicted octanol–water partition coefficient (Wildman–Crippen LogP) is 0.106. The van der Waals surface area contributed by atoms with Crippen LogP contribution < -0.4 is 21.5 Å². The molecule has 1 aromatic carbocycles. The van der Waals surface area contributed by atoms with Crippen LogP contribution in [0.1, 0.15) is 17.5 Å². The first-order valence-corrected chi connectivity index (χ1v) is 5.76. The highest BCUT2D eigenvalue weighted by atomic mass is 16.2. The van der Waals surface area contributed by atoms with Crippen molar-refractivity contribution in [3.8, 4) is 0 Å². The Kier molecular flexibility index (Phi) is 3.73. The maximum absolute atomic E-state index is 11.8. The highest BCUT2D eigenvalue weighted by Gasteiger charge is 2.23. The van der Waals surface area contributed by atoms with Crippen LogP contribution in [-0.4, -0.2) is 19.6 Å². The largest absolute Gasteiger partial charge is 0.316 e. The van der Waals surface area contributed by atoms with Crippen LogP contribution in [0.15, 0.2) is 18.2 Å². The molecule has 5 nitrogen and oxygen atoms in total. The molecule has 4 N–H and O–H groups in total. The average molecular weight is 234 g/mol. The third-order valence-corrected chi connectivity index (χ3v) is 2.97. The summed E-state index contributed by atoms with van der Waals surface area (Å²) in [6, 6.07) is 6.19. The van der Waals surface area contributed by atoms with E-state index in [1.165, 1.54) is 11.1 Å². The highest BCUT2D eigenvalue weighted by molar-refractivity contribution is 5.96. The second-order valence-corrected chi connectivity index (χ2v) is 4.18. The second kappa shape index (κ2) is 5.27. The van der Waals surface area contributed by atoms with E-state index in [0.717, 1.165) is 18.7 Å². The predicted molar refractivity (Wildman–Crippen MR) is 67.2 cm³/mol. The van der Waals surface area contributed by atoms with E-state index in [9.17, 15) is 4.79 Å². The molecule has 0 fully saturated rings. The number of fused-ring (bicyclic) bond motifs is 1. The van der Waals surface area contributed by atoms with E-state index < -0.39 is 0 Å². The van der Waals surface area contributed by atoms with Crippen LogP contribution in [0.2, 0.25) is 0 Å². The van der Waals surface area contributed by atoms with Gasteiger partial charge in [0.15, 0.2) is 0 Å². The van der Waals surface area contributed by atoms with Crippen molar-refractivity contribution in [2.45, 2.75) is 19.4 Å². The number of rotatable bonds is 4. The Balaban J connectivity index is 2.30. The van der Waals surface area contributed by atoms with Crippen molar-refractivity contribution in [2.24, 2.45) is 5.84 Å². The number of nitrogens with zero attached hydrogens (tertiary/aromatic N) is 1. The van der Waals surface area contributed by atoms with E-state index in [4.69, 9.17) is 5.84 Å². The number of hydrogen-bond donors (Lipinski definition) is 3. The summed E-state index contributed by atoms with van der Waals surface area (Å²) >= 11 is 0. The Labute approximate surface area is 101 Å². The summed E-state index contributed by atoms with van der Waals surface area (Å²) in [6.45, 7) is 1.20. The number of hydrogen-bond acceptors (Lipinski definition) is 4. The molecule has 1 aromatic rings. The van der Waals surface area contributed by atoms with Gasteiger partial charge in [-0.25, -0.2) is 5.43 Å². The van der Waals surface area contributed by atoms with Gasteiger partial charge in [0.1, 0.15) is 0 Å². The van der Waals surface area contributed by atoms with Gasteiger partial charge in [-0.3, -0.25) is 15.5 Å². The second-order valence-electron chi connectivity index (χ2n) is 4.18. The number of anilines is 1. The number of aryl methyl sites for hydroxylation is 1. The zero-order valence-electron chi connectivity index (χ0n) is 9.99. The van der Waals surface area contributed by atoms with Crippen molar-refractivity contribution in [1.29, 1.82) is 0 Å². The molecule has 1 amide bonds. The summed E-state index contributed by atoms with van der Waals surface area (Å²) in [4.78, 5) is 13.5. The zero-order valence-corrected chi connectivity index (χ0v) is 9.99. The van der Waals surface area contributed by atoms with E-state index in [2.05, 4.69) is 16.8 Å². The number of nitrogens with one attached hydrogen (secondary N) is 2. The zero-order chi connectivity index (χ0) is 12.3. The molecule has 1 aliphatic rings. The van der Waals surface area contributed by atoms with Crippen LogP contribution in [0.4, 0.5) is 5.69 Å². The molecule has 0 saturated carbocycles. The van der Waals surface area contributed by atoms with Gasteiger partial charge in [-0.05, 0) is 30.7 Å². The fourth-order valence-electron chi connectivity index (χ4n) is 2.19. The monoisotopic (exact) mass is 234 g/mol. The maximum Gasteiger partial charge on any atom is 0.228 e. The smallest absolute Gasteiger partial charge is 0.228 e. The molecule has 0 saturated heterocycles. The summed E-state index contributed by atoms with van der Waals surface area (Å²) in [5.41, 5.74) is 5.97. The Hall–Kier alpha value is -1.43. The van der Waals surface area contributed by atoms with Crippen LogP contribution in [0.25, 0.3) is 0 Å². The van der Waals surface area contributed by atoms with Crippen LogP contribution in [0, 0.1) is 0 Å². The summed E-state index contributed by atoms with van der Waals surface area (Å²) in [6.07, 6.45) is 1.37. The number of carbonyl (C=O) groups is 1. The lowest BCUT2D eigenvalue weighted by Gasteiger charge is -2.29. The number of carbonyl (C=O) groups excluding carboxylic acids is 1. The molecule has 0 atom stereocenters. The Morgan fingerprint density at radius 1 is 1.41 bits per heavy atom. The van der Waals surface area contributed by atoms with E-state index in [1.54, 1.807) is 4.90 Å². The molecular weight excluding hydrogens is 216 g/mol. The average Bonchev–Trinajstić information content (AvgIpc) is 2.33. The van der Waals surface area contributed by atoms with E-state index >= 15 is 0 Å². The quantitative estimate of drug-likeness (QED) is 0.511. The van der Waals surface area contributed by atoms with Gasteiger partial charge >= 0.3 is 0 Å². The van der Waals surface area contributed by atoms with Crippen LogP contribution in [0.3, 0.4) is 0 Å². The molecule has 0 bridgehead atoms. The Morgan fingerprint density at radius 2 is 2.24 bits per heavy atom. The number of benzene rings is 1. The molecule has 0 unspecified atom stereocenters. The summed E-state index contributed by atoms with van der Waals surface area (Å²) in [7, 11) is 1.92. The molecular formula is C12H18N4O. The molecule has 0 radical (unpaired) electrons. The van der Waals surface area contributed by atoms with E-state index in [-0.39, 0.29) is 5.91 Å².